The Hall–Kier alpha value is -3.28. The highest BCUT2D eigenvalue weighted by molar-refractivity contribution is 7.89. The van der Waals surface area contributed by atoms with Crippen LogP contribution in [0.4, 0.5) is 11.4 Å². The van der Waals surface area contributed by atoms with Gasteiger partial charge in [-0.3, -0.25) is 9.59 Å². The first-order valence-corrected chi connectivity index (χ1v) is 23.1. The van der Waals surface area contributed by atoms with Crippen LogP contribution in [0.25, 0.3) is 0 Å². The summed E-state index contributed by atoms with van der Waals surface area (Å²) < 4.78 is 66.6. The van der Waals surface area contributed by atoms with Crippen molar-refractivity contribution in [3.63, 3.8) is 0 Å². The van der Waals surface area contributed by atoms with Gasteiger partial charge in [-0.05, 0) is 72.5 Å². The number of carbonyl (C=O) groups excluding carboxylic acids is 2. The first-order valence-electron chi connectivity index (χ1n) is 18.7. The lowest BCUT2D eigenvalue weighted by Gasteiger charge is -2.39. The molecule has 7 rings (SSSR count). The highest BCUT2D eigenvalue weighted by Gasteiger charge is 2.36. The summed E-state index contributed by atoms with van der Waals surface area (Å²) in [6, 6.07) is 20.0. The molecule has 0 atom stereocenters. The Bertz CT molecular complexity index is 2260. The van der Waals surface area contributed by atoms with Gasteiger partial charge < -0.3 is 20.1 Å². The van der Waals surface area contributed by atoms with Gasteiger partial charge in [0.15, 0.2) is 0 Å². The molecule has 18 heteroatoms. The van der Waals surface area contributed by atoms with Crippen LogP contribution in [0.2, 0.25) is 20.1 Å². The van der Waals surface area contributed by atoms with Crippen molar-refractivity contribution in [2.75, 3.05) is 63.2 Å². The molecule has 0 spiro atoms. The fraction of sp³-hybridized carbons (Fsp3) is 0.350. The van der Waals surface area contributed by atoms with Crippen LogP contribution in [-0.4, -0.2) is 89.9 Å². The third-order valence-electron chi connectivity index (χ3n) is 10.8. The molecule has 0 bridgehead atoms. The van der Waals surface area contributed by atoms with Crippen LogP contribution in [0.5, 0.6) is 0 Å². The first kappa shape index (κ1) is 42.8. The summed E-state index contributed by atoms with van der Waals surface area (Å²) in [6.07, 6.45) is 4.87. The Balaban J connectivity index is 1.08. The van der Waals surface area contributed by atoms with E-state index in [1.807, 2.05) is 24.3 Å². The molecular formula is C40H40Cl4N4O8S2. The molecule has 4 aromatic rings. The summed E-state index contributed by atoms with van der Waals surface area (Å²) in [5, 5.41) is 5.55. The second-order valence-corrected chi connectivity index (χ2v) is 19.7. The smallest absolute Gasteiger partial charge is 0.257 e. The number of morpholine rings is 2. The van der Waals surface area contributed by atoms with E-state index in [2.05, 4.69) is 10.6 Å². The SMILES string of the molecule is O=C(Nc1ccc(C2(c3ccc(NC(=O)c4cc(S(=O)(=O)N5CCOCC5)c(Cl)cc4Cl)cc3)CCCCC2)cc1)c1cc(S(=O)(=O)N2CCOCC2)c(Cl)cc1Cl. The molecule has 0 aromatic heterocycles. The number of benzene rings is 4. The van der Waals surface area contributed by atoms with E-state index in [1.54, 1.807) is 24.3 Å². The minimum atomic E-state index is -4.00. The van der Waals surface area contributed by atoms with Gasteiger partial charge in [-0.1, -0.05) is 89.9 Å². The van der Waals surface area contributed by atoms with Gasteiger partial charge in [0.05, 0.1) is 57.6 Å². The third-order valence-corrected chi connectivity index (χ3v) is 16.2. The quantitative estimate of drug-likeness (QED) is 0.162. The maximum Gasteiger partial charge on any atom is 0.257 e. The van der Waals surface area contributed by atoms with Crippen molar-refractivity contribution in [2.24, 2.45) is 0 Å². The molecule has 308 valence electrons. The molecule has 3 aliphatic rings. The fourth-order valence-corrected chi connectivity index (χ4v) is 12.2. The average molecular weight is 911 g/mol. The molecule has 1 aliphatic carbocycles. The maximum atomic E-state index is 13.5. The number of rotatable bonds is 10. The molecular weight excluding hydrogens is 870 g/mol. The largest absolute Gasteiger partial charge is 0.379 e. The van der Waals surface area contributed by atoms with Crippen LogP contribution in [0, 0.1) is 0 Å². The standard InChI is InChI=1S/C40H40Cl4N4O8S2/c41-32-24-34(43)36(57(51,52)47-14-18-55-19-15-47)22-30(32)38(49)45-28-8-4-26(5-9-28)40(12-2-1-3-13-40)27-6-10-29(11-7-27)46-39(50)31-23-37(35(44)25-33(31)42)58(53,54)48-16-20-56-21-17-48/h4-11,22-25H,1-3,12-21H2,(H,45,49)(H,46,50). The molecule has 3 fully saturated rings. The third kappa shape index (κ3) is 8.78. The number of halogens is 4. The van der Waals surface area contributed by atoms with E-state index in [0.717, 1.165) is 43.2 Å². The Morgan fingerprint density at radius 2 is 0.897 bits per heavy atom. The molecule has 12 nitrogen and oxygen atoms in total. The minimum Gasteiger partial charge on any atom is -0.379 e. The number of hydrogen-bond acceptors (Lipinski definition) is 8. The summed E-state index contributed by atoms with van der Waals surface area (Å²) in [6.45, 7) is 1.71. The predicted molar refractivity (Wildman–Crippen MR) is 225 cm³/mol. The van der Waals surface area contributed by atoms with Crippen LogP contribution in [0.1, 0.15) is 63.9 Å². The lowest BCUT2D eigenvalue weighted by molar-refractivity contribution is 0.0730. The maximum absolute atomic E-state index is 13.5. The highest BCUT2D eigenvalue weighted by Crippen LogP contribution is 2.45. The number of carbonyl (C=O) groups is 2. The Morgan fingerprint density at radius 3 is 1.26 bits per heavy atom. The van der Waals surface area contributed by atoms with Crippen molar-refractivity contribution in [2.45, 2.75) is 47.3 Å². The molecule has 1 saturated carbocycles. The van der Waals surface area contributed by atoms with Crippen molar-refractivity contribution < 1.29 is 35.9 Å². The molecule has 2 aliphatic heterocycles. The number of hydrogen-bond donors (Lipinski definition) is 2. The molecule has 0 radical (unpaired) electrons. The first-order chi connectivity index (χ1) is 27.7. The minimum absolute atomic E-state index is 0.0126. The van der Waals surface area contributed by atoms with E-state index >= 15 is 0 Å². The Kier molecular flexibility index (Phi) is 13.1. The lowest BCUT2D eigenvalue weighted by atomic mass is 9.65. The molecule has 0 unspecified atom stereocenters. The number of anilines is 2. The van der Waals surface area contributed by atoms with Gasteiger partial charge in [0.2, 0.25) is 20.0 Å². The number of amides is 2. The van der Waals surface area contributed by atoms with Gasteiger partial charge in [-0.25, -0.2) is 16.8 Å². The van der Waals surface area contributed by atoms with Crippen LogP contribution < -0.4 is 10.6 Å². The molecule has 2 N–H and O–H groups in total. The van der Waals surface area contributed by atoms with E-state index < -0.39 is 31.9 Å². The number of ether oxygens (including phenoxy) is 2. The molecule has 4 aromatic carbocycles. The Labute approximate surface area is 357 Å². The summed E-state index contributed by atoms with van der Waals surface area (Å²) in [5.41, 5.74) is 2.67. The van der Waals surface area contributed by atoms with Crippen molar-refractivity contribution in [3.8, 4) is 0 Å². The normalized spacial score (nSPS) is 18.1. The fourth-order valence-electron chi connectivity index (χ4n) is 7.70. The van der Waals surface area contributed by atoms with Crippen molar-refractivity contribution in [1.29, 1.82) is 0 Å². The zero-order valence-electron chi connectivity index (χ0n) is 31.1. The highest BCUT2D eigenvalue weighted by atomic mass is 35.5. The second kappa shape index (κ2) is 17.7. The van der Waals surface area contributed by atoms with Gasteiger partial charge >= 0.3 is 0 Å². The van der Waals surface area contributed by atoms with Gasteiger partial charge in [0, 0.05) is 43.0 Å². The van der Waals surface area contributed by atoms with Crippen LogP contribution >= 0.6 is 46.4 Å². The molecule has 2 saturated heterocycles. The second-order valence-electron chi connectivity index (χ2n) is 14.3. The van der Waals surface area contributed by atoms with Gasteiger partial charge in [-0.15, -0.1) is 0 Å². The van der Waals surface area contributed by atoms with Crippen LogP contribution in [-0.2, 0) is 34.9 Å². The number of sulfonamides is 2. The zero-order chi connectivity index (χ0) is 41.2. The van der Waals surface area contributed by atoms with E-state index in [0.29, 0.717) is 11.4 Å². The number of nitrogens with one attached hydrogen (secondary N) is 2. The van der Waals surface area contributed by atoms with E-state index in [-0.39, 0.29) is 99.0 Å². The monoisotopic (exact) mass is 908 g/mol. The summed E-state index contributed by atoms with van der Waals surface area (Å²) in [5.74, 6) is -1.18. The van der Waals surface area contributed by atoms with Crippen molar-refractivity contribution >= 4 is 89.6 Å². The average Bonchev–Trinajstić information content (AvgIpc) is 3.22. The predicted octanol–water partition coefficient (Wildman–Crippen LogP) is 8.10. The van der Waals surface area contributed by atoms with E-state index in [1.165, 1.54) is 32.9 Å². The van der Waals surface area contributed by atoms with E-state index in [9.17, 15) is 26.4 Å². The van der Waals surface area contributed by atoms with Gasteiger partial charge in [-0.2, -0.15) is 8.61 Å². The van der Waals surface area contributed by atoms with Gasteiger partial charge in [0.25, 0.3) is 11.8 Å². The zero-order valence-corrected chi connectivity index (χ0v) is 35.8. The summed E-state index contributed by atoms with van der Waals surface area (Å²) in [7, 11) is -7.99. The number of nitrogens with zero attached hydrogens (tertiary/aromatic N) is 2. The topological polar surface area (TPSA) is 151 Å². The van der Waals surface area contributed by atoms with E-state index in [4.69, 9.17) is 55.9 Å². The molecule has 2 heterocycles. The summed E-state index contributed by atoms with van der Waals surface area (Å²) in [4.78, 5) is 26.6. The van der Waals surface area contributed by atoms with Crippen molar-refractivity contribution in [1.82, 2.24) is 8.61 Å². The Morgan fingerprint density at radius 1 is 0.534 bits per heavy atom. The van der Waals surface area contributed by atoms with Crippen LogP contribution in [0.15, 0.2) is 82.6 Å². The lowest BCUT2D eigenvalue weighted by Crippen LogP contribution is -2.40. The van der Waals surface area contributed by atoms with Gasteiger partial charge in [0.1, 0.15) is 9.79 Å². The van der Waals surface area contributed by atoms with Crippen LogP contribution in [0.3, 0.4) is 0 Å². The van der Waals surface area contributed by atoms with Crippen molar-refractivity contribution in [3.05, 3.63) is 115 Å². The molecule has 58 heavy (non-hydrogen) atoms. The summed E-state index contributed by atoms with van der Waals surface area (Å²) >= 11 is 25.5. The molecule has 2 amide bonds.